The van der Waals surface area contributed by atoms with Crippen molar-refractivity contribution in [2.45, 2.75) is 56.3 Å². The molecule has 4 unspecified atom stereocenters. The summed E-state index contributed by atoms with van der Waals surface area (Å²) in [5.74, 6) is -5.33. The smallest absolute Gasteiger partial charge is 0.326 e. The van der Waals surface area contributed by atoms with Gasteiger partial charge in [-0.2, -0.15) is 24.4 Å². The van der Waals surface area contributed by atoms with Gasteiger partial charge in [-0.05, 0) is 31.3 Å². The fourth-order valence-corrected chi connectivity index (χ4v) is 3.22. The van der Waals surface area contributed by atoms with E-state index < -0.39 is 72.6 Å². The molecular weight excluding hydrogens is 478 g/mol. The van der Waals surface area contributed by atoms with Crippen molar-refractivity contribution in [2.75, 3.05) is 17.8 Å². The minimum absolute atomic E-state index is 0.132. The first-order valence-corrected chi connectivity index (χ1v) is 11.9. The molecule has 13 nitrogen and oxygen atoms in total. The molecule has 15 heteroatoms. The first kappa shape index (κ1) is 30.5. The van der Waals surface area contributed by atoms with Gasteiger partial charge < -0.3 is 37.6 Å². The lowest BCUT2D eigenvalue weighted by molar-refractivity contribution is -0.143. The summed E-state index contributed by atoms with van der Waals surface area (Å²) in [5, 5.41) is 24.9. The molecule has 0 aliphatic rings. The Balaban J connectivity index is 5.30. The van der Waals surface area contributed by atoms with Gasteiger partial charge >= 0.3 is 11.9 Å². The van der Waals surface area contributed by atoms with E-state index in [1.54, 1.807) is 0 Å². The first-order valence-electron chi connectivity index (χ1n) is 9.92. The van der Waals surface area contributed by atoms with E-state index in [2.05, 4.69) is 28.6 Å². The summed E-state index contributed by atoms with van der Waals surface area (Å²) in [6.07, 6.45) is 0.768. The Morgan fingerprint density at radius 2 is 1.36 bits per heavy atom. The first-order chi connectivity index (χ1) is 15.4. The van der Waals surface area contributed by atoms with E-state index >= 15 is 0 Å². The second kappa shape index (κ2) is 16.1. The molecule has 4 amide bonds. The number of rotatable bonds is 17. The summed E-state index contributed by atoms with van der Waals surface area (Å²) in [4.78, 5) is 70.6. The monoisotopic (exact) mass is 509 g/mol. The van der Waals surface area contributed by atoms with E-state index in [0.717, 1.165) is 0 Å². The quantitative estimate of drug-likeness (QED) is 0.0974. The van der Waals surface area contributed by atoms with E-state index in [1.807, 2.05) is 6.26 Å². The Hall–Kier alpha value is -2.52. The number of thiol groups is 1. The Morgan fingerprint density at radius 1 is 0.848 bits per heavy atom. The van der Waals surface area contributed by atoms with Gasteiger partial charge in [-0.25, -0.2) is 4.79 Å². The van der Waals surface area contributed by atoms with Crippen molar-refractivity contribution in [3.05, 3.63) is 0 Å². The molecule has 0 rings (SSSR count). The standard InChI is InChI=1S/C18H31N5O8S2/c1-33-7-6-9(19)15(27)23-12(8-32)17(29)21-10(2-4-13(20)24)16(28)22-11(18(30)31)3-5-14(25)26/h9-12,32H,2-8,19H2,1H3,(H2,20,24)(H,21,29)(H,22,28)(H,23,27)(H,25,26)(H,30,31). The van der Waals surface area contributed by atoms with Crippen LogP contribution in [0.15, 0.2) is 0 Å². The fraction of sp³-hybridized carbons (Fsp3) is 0.667. The number of nitrogens with two attached hydrogens (primary N) is 2. The Labute approximate surface area is 200 Å². The number of carboxylic acids is 2. The van der Waals surface area contributed by atoms with Crippen LogP contribution in [0.5, 0.6) is 0 Å². The van der Waals surface area contributed by atoms with Crippen molar-refractivity contribution < 1.29 is 39.0 Å². The number of amides is 4. The number of carbonyl (C=O) groups excluding carboxylic acids is 4. The van der Waals surface area contributed by atoms with E-state index in [4.69, 9.17) is 16.6 Å². The lowest BCUT2D eigenvalue weighted by Crippen LogP contribution is -2.57. The van der Waals surface area contributed by atoms with Gasteiger partial charge in [-0.1, -0.05) is 0 Å². The zero-order valence-corrected chi connectivity index (χ0v) is 19.8. The number of hydrogen-bond acceptors (Lipinski definition) is 9. The van der Waals surface area contributed by atoms with Crippen molar-refractivity contribution in [1.29, 1.82) is 0 Å². The van der Waals surface area contributed by atoms with Crippen molar-refractivity contribution in [1.82, 2.24) is 16.0 Å². The van der Waals surface area contributed by atoms with Gasteiger partial charge in [0, 0.05) is 18.6 Å². The predicted molar refractivity (Wildman–Crippen MR) is 124 cm³/mol. The van der Waals surface area contributed by atoms with Crippen molar-refractivity contribution in [3.8, 4) is 0 Å². The highest BCUT2D eigenvalue weighted by Crippen LogP contribution is 2.04. The van der Waals surface area contributed by atoms with E-state index in [9.17, 15) is 33.9 Å². The molecule has 0 saturated carbocycles. The maximum atomic E-state index is 12.6. The summed E-state index contributed by atoms with van der Waals surface area (Å²) in [6, 6.07) is -4.92. The average molecular weight is 510 g/mol. The highest BCUT2D eigenvalue weighted by molar-refractivity contribution is 7.98. The topological polar surface area (TPSA) is 231 Å². The van der Waals surface area contributed by atoms with Crippen LogP contribution in [0, 0.1) is 0 Å². The van der Waals surface area contributed by atoms with Crippen LogP contribution in [0.4, 0.5) is 0 Å². The Bertz CT molecular complexity index is 724. The maximum absolute atomic E-state index is 12.6. The Kier molecular flexibility index (Phi) is 14.9. The summed E-state index contributed by atoms with van der Waals surface area (Å²) in [6.45, 7) is 0. The van der Waals surface area contributed by atoms with Gasteiger partial charge in [0.15, 0.2) is 0 Å². The van der Waals surface area contributed by atoms with Crippen molar-refractivity contribution >= 4 is 60.0 Å². The summed E-state index contributed by atoms with van der Waals surface area (Å²) in [7, 11) is 0. The van der Waals surface area contributed by atoms with E-state index in [0.29, 0.717) is 12.2 Å². The second-order valence-corrected chi connectivity index (χ2v) is 8.38. The maximum Gasteiger partial charge on any atom is 0.326 e. The minimum Gasteiger partial charge on any atom is -0.481 e. The molecular formula is C18H31N5O8S2. The van der Waals surface area contributed by atoms with Gasteiger partial charge in [-0.3, -0.25) is 24.0 Å². The highest BCUT2D eigenvalue weighted by Gasteiger charge is 2.30. The Morgan fingerprint density at radius 3 is 1.85 bits per heavy atom. The van der Waals surface area contributed by atoms with Gasteiger partial charge in [-0.15, -0.1) is 0 Å². The number of aliphatic carboxylic acids is 2. The molecule has 0 saturated heterocycles. The number of primary amides is 1. The molecule has 0 heterocycles. The molecule has 188 valence electrons. The SMILES string of the molecule is CSCCC(N)C(=O)NC(CS)C(=O)NC(CCC(N)=O)C(=O)NC(CCC(=O)O)C(=O)O. The molecule has 0 aromatic heterocycles. The average Bonchev–Trinajstić information content (AvgIpc) is 2.74. The number of hydrogen-bond donors (Lipinski definition) is 8. The summed E-state index contributed by atoms with van der Waals surface area (Å²) < 4.78 is 0. The van der Waals surface area contributed by atoms with Crippen LogP contribution >= 0.6 is 24.4 Å². The molecule has 0 aromatic rings. The molecule has 0 aromatic carbocycles. The third-order valence-corrected chi connectivity index (χ3v) is 5.37. The number of carboxylic acid groups (broad SMARTS) is 2. The molecule has 0 spiro atoms. The third kappa shape index (κ3) is 12.9. The van der Waals surface area contributed by atoms with Crippen LogP contribution < -0.4 is 27.4 Å². The third-order valence-electron chi connectivity index (χ3n) is 4.36. The van der Waals surface area contributed by atoms with Crippen LogP contribution in [0.25, 0.3) is 0 Å². The zero-order valence-electron chi connectivity index (χ0n) is 18.1. The number of thioether (sulfide) groups is 1. The van der Waals surface area contributed by atoms with Gasteiger partial charge in [0.1, 0.15) is 18.1 Å². The van der Waals surface area contributed by atoms with Crippen LogP contribution in [0.1, 0.15) is 32.1 Å². The minimum atomic E-state index is -1.53. The predicted octanol–water partition coefficient (Wildman–Crippen LogP) is -2.33. The van der Waals surface area contributed by atoms with Gasteiger partial charge in [0.2, 0.25) is 23.6 Å². The van der Waals surface area contributed by atoms with Gasteiger partial charge in [0.05, 0.1) is 6.04 Å². The van der Waals surface area contributed by atoms with Crippen LogP contribution in [-0.2, 0) is 28.8 Å². The normalized spacial score (nSPS) is 14.3. The van der Waals surface area contributed by atoms with E-state index in [-0.39, 0.29) is 18.6 Å². The molecule has 33 heavy (non-hydrogen) atoms. The fourth-order valence-electron chi connectivity index (χ4n) is 2.47. The molecule has 4 atom stereocenters. The molecule has 0 aliphatic heterocycles. The summed E-state index contributed by atoms with van der Waals surface area (Å²) >= 11 is 5.53. The van der Waals surface area contributed by atoms with Crippen LogP contribution in [-0.4, -0.2) is 87.7 Å². The van der Waals surface area contributed by atoms with Crippen molar-refractivity contribution in [2.24, 2.45) is 11.5 Å². The van der Waals surface area contributed by atoms with E-state index in [1.165, 1.54) is 11.8 Å². The number of nitrogens with one attached hydrogen (secondary N) is 3. The largest absolute Gasteiger partial charge is 0.481 e. The second-order valence-electron chi connectivity index (χ2n) is 7.03. The molecule has 0 fully saturated rings. The lowest BCUT2D eigenvalue weighted by Gasteiger charge is -2.24. The van der Waals surface area contributed by atoms with Crippen LogP contribution in [0.3, 0.4) is 0 Å². The van der Waals surface area contributed by atoms with Crippen molar-refractivity contribution in [3.63, 3.8) is 0 Å². The molecule has 0 bridgehead atoms. The molecule has 0 aliphatic carbocycles. The van der Waals surface area contributed by atoms with Crippen LogP contribution in [0.2, 0.25) is 0 Å². The summed E-state index contributed by atoms with van der Waals surface area (Å²) in [5.41, 5.74) is 10.9. The number of carbonyl (C=O) groups is 6. The molecule has 9 N–H and O–H groups in total. The molecule has 0 radical (unpaired) electrons. The lowest BCUT2D eigenvalue weighted by atomic mass is 10.1. The van der Waals surface area contributed by atoms with Gasteiger partial charge in [0.25, 0.3) is 0 Å². The highest BCUT2D eigenvalue weighted by atomic mass is 32.2. The zero-order chi connectivity index (χ0) is 25.6.